The Kier molecular flexibility index (Phi) is 3.90. The summed E-state index contributed by atoms with van der Waals surface area (Å²) in [6, 6.07) is 0. The summed E-state index contributed by atoms with van der Waals surface area (Å²) < 4.78 is 26.0. The number of hydrogen-bond acceptors (Lipinski definition) is 2. The van der Waals surface area contributed by atoms with Crippen molar-refractivity contribution in [2.75, 3.05) is 13.6 Å². The molecule has 0 heterocycles. The number of aliphatic hydroxyl groups excluding tert-OH is 1. The summed E-state index contributed by atoms with van der Waals surface area (Å²) in [5.74, 6) is -2.65. The van der Waals surface area contributed by atoms with Gasteiger partial charge in [-0.1, -0.05) is 0 Å². The van der Waals surface area contributed by atoms with Crippen LogP contribution < -0.4 is 0 Å². The SMILES string of the molecule is CN(CC(O)C1CC1)C(=O)C1CCC(F)(F)CC1. The first-order valence-corrected chi connectivity index (χ1v) is 6.70. The van der Waals surface area contributed by atoms with Gasteiger partial charge >= 0.3 is 0 Å². The molecular formula is C13H21F2NO2. The van der Waals surface area contributed by atoms with E-state index in [1.165, 1.54) is 4.90 Å². The molecule has 0 radical (unpaired) electrons. The van der Waals surface area contributed by atoms with Crippen molar-refractivity contribution in [1.29, 1.82) is 0 Å². The van der Waals surface area contributed by atoms with E-state index in [2.05, 4.69) is 0 Å². The zero-order chi connectivity index (χ0) is 13.3. The normalized spacial score (nSPS) is 25.8. The van der Waals surface area contributed by atoms with E-state index in [4.69, 9.17) is 0 Å². The van der Waals surface area contributed by atoms with Gasteiger partial charge in [0.25, 0.3) is 0 Å². The average Bonchev–Trinajstić information content (AvgIpc) is 3.11. The molecule has 104 valence electrons. The van der Waals surface area contributed by atoms with Crippen LogP contribution in [0.3, 0.4) is 0 Å². The molecule has 1 amide bonds. The van der Waals surface area contributed by atoms with Gasteiger partial charge in [-0.3, -0.25) is 4.79 Å². The summed E-state index contributed by atoms with van der Waals surface area (Å²) in [7, 11) is 1.65. The minimum Gasteiger partial charge on any atom is -0.391 e. The number of alkyl halides is 2. The van der Waals surface area contributed by atoms with Crippen LogP contribution in [-0.4, -0.2) is 41.5 Å². The van der Waals surface area contributed by atoms with Gasteiger partial charge in [0.1, 0.15) is 0 Å². The minimum absolute atomic E-state index is 0.0924. The second-order valence-electron chi connectivity index (χ2n) is 5.75. The summed E-state index contributed by atoms with van der Waals surface area (Å²) in [6.45, 7) is 0.330. The molecule has 1 atom stereocenters. The molecular weight excluding hydrogens is 240 g/mol. The van der Waals surface area contributed by atoms with Crippen LogP contribution >= 0.6 is 0 Å². The molecule has 3 nitrogen and oxygen atoms in total. The summed E-state index contributed by atoms with van der Waals surface area (Å²) in [6.07, 6.45) is 1.73. The van der Waals surface area contributed by atoms with Crippen molar-refractivity contribution in [3.05, 3.63) is 0 Å². The van der Waals surface area contributed by atoms with Crippen molar-refractivity contribution >= 4 is 5.91 Å². The Morgan fingerprint density at radius 2 is 1.89 bits per heavy atom. The smallest absolute Gasteiger partial charge is 0.248 e. The van der Waals surface area contributed by atoms with Crippen molar-refractivity contribution in [2.45, 2.75) is 50.6 Å². The van der Waals surface area contributed by atoms with Crippen LogP contribution in [0.1, 0.15) is 38.5 Å². The zero-order valence-electron chi connectivity index (χ0n) is 10.7. The second kappa shape index (κ2) is 5.11. The lowest BCUT2D eigenvalue weighted by Gasteiger charge is -2.31. The molecule has 1 N–H and O–H groups in total. The van der Waals surface area contributed by atoms with Crippen molar-refractivity contribution in [1.82, 2.24) is 4.90 Å². The summed E-state index contributed by atoms with van der Waals surface area (Å²) in [5.41, 5.74) is 0. The van der Waals surface area contributed by atoms with Gasteiger partial charge in [0.2, 0.25) is 11.8 Å². The van der Waals surface area contributed by atoms with Crippen molar-refractivity contribution < 1.29 is 18.7 Å². The van der Waals surface area contributed by atoms with E-state index < -0.39 is 12.0 Å². The van der Waals surface area contributed by atoms with Gasteiger partial charge in [0, 0.05) is 32.4 Å². The molecule has 0 spiro atoms. The Morgan fingerprint density at radius 1 is 1.33 bits per heavy atom. The number of halogens is 2. The number of amides is 1. The Bertz CT molecular complexity index is 308. The molecule has 1 unspecified atom stereocenters. The van der Waals surface area contributed by atoms with Crippen LogP contribution in [0.5, 0.6) is 0 Å². The molecule has 5 heteroatoms. The summed E-state index contributed by atoms with van der Waals surface area (Å²) in [5, 5.41) is 9.78. The number of aliphatic hydroxyl groups is 1. The molecule has 0 bridgehead atoms. The van der Waals surface area contributed by atoms with Crippen molar-refractivity contribution in [3.8, 4) is 0 Å². The summed E-state index contributed by atoms with van der Waals surface area (Å²) >= 11 is 0. The maximum absolute atomic E-state index is 13.0. The van der Waals surface area contributed by atoms with Crippen LogP contribution in [0.15, 0.2) is 0 Å². The first-order valence-electron chi connectivity index (χ1n) is 6.70. The third-order valence-corrected chi connectivity index (χ3v) is 4.07. The maximum Gasteiger partial charge on any atom is 0.248 e. The molecule has 0 aromatic heterocycles. The monoisotopic (exact) mass is 261 g/mol. The number of carbonyl (C=O) groups excluding carboxylic acids is 1. The van der Waals surface area contributed by atoms with Gasteiger partial charge < -0.3 is 10.0 Å². The number of likely N-dealkylation sites (N-methyl/N-ethyl adjacent to an activating group) is 1. The van der Waals surface area contributed by atoms with Crippen molar-refractivity contribution in [3.63, 3.8) is 0 Å². The van der Waals surface area contributed by atoms with Gasteiger partial charge in [-0.2, -0.15) is 0 Å². The van der Waals surface area contributed by atoms with E-state index in [0.717, 1.165) is 12.8 Å². The van der Waals surface area contributed by atoms with Crippen molar-refractivity contribution in [2.24, 2.45) is 11.8 Å². The fourth-order valence-electron chi connectivity index (χ4n) is 2.60. The highest BCUT2D eigenvalue weighted by Crippen LogP contribution is 2.37. The lowest BCUT2D eigenvalue weighted by atomic mass is 9.86. The van der Waals surface area contributed by atoms with Gasteiger partial charge in [0.15, 0.2) is 0 Å². The highest BCUT2D eigenvalue weighted by Gasteiger charge is 2.39. The molecule has 0 aliphatic heterocycles. The van der Waals surface area contributed by atoms with E-state index in [9.17, 15) is 18.7 Å². The maximum atomic E-state index is 13.0. The quantitative estimate of drug-likeness (QED) is 0.841. The molecule has 0 saturated heterocycles. The molecule has 2 rings (SSSR count). The molecule has 2 fully saturated rings. The molecule has 2 aliphatic carbocycles. The average molecular weight is 261 g/mol. The molecule has 2 saturated carbocycles. The first kappa shape index (κ1) is 13.7. The zero-order valence-corrected chi connectivity index (χ0v) is 10.7. The van der Waals surface area contributed by atoms with E-state index in [0.29, 0.717) is 12.5 Å². The third kappa shape index (κ3) is 3.40. The number of nitrogens with zero attached hydrogens (tertiary/aromatic N) is 1. The Morgan fingerprint density at radius 3 is 2.39 bits per heavy atom. The highest BCUT2D eigenvalue weighted by molar-refractivity contribution is 5.78. The Hall–Kier alpha value is -0.710. The highest BCUT2D eigenvalue weighted by atomic mass is 19.3. The summed E-state index contributed by atoms with van der Waals surface area (Å²) in [4.78, 5) is 13.6. The fraction of sp³-hybridized carbons (Fsp3) is 0.923. The predicted octanol–water partition coefficient (Wildman–Crippen LogP) is 2.04. The second-order valence-corrected chi connectivity index (χ2v) is 5.75. The predicted molar refractivity (Wildman–Crippen MR) is 63.3 cm³/mol. The standard InChI is InChI=1S/C13H21F2NO2/c1-16(8-11(17)9-2-3-9)12(18)10-4-6-13(14,15)7-5-10/h9-11,17H,2-8H2,1H3. The molecule has 2 aliphatic rings. The fourth-order valence-corrected chi connectivity index (χ4v) is 2.60. The van der Waals surface area contributed by atoms with Gasteiger partial charge in [-0.05, 0) is 31.6 Å². The topological polar surface area (TPSA) is 40.5 Å². The largest absolute Gasteiger partial charge is 0.391 e. The molecule has 0 aromatic rings. The van der Waals surface area contributed by atoms with Crippen LogP contribution in [-0.2, 0) is 4.79 Å². The lowest BCUT2D eigenvalue weighted by molar-refractivity contribution is -0.139. The van der Waals surface area contributed by atoms with Crippen LogP contribution in [0, 0.1) is 11.8 Å². The Labute approximate surface area is 106 Å². The first-order chi connectivity index (χ1) is 8.39. The Balaban J connectivity index is 1.79. The minimum atomic E-state index is -2.59. The number of hydrogen-bond donors (Lipinski definition) is 1. The van der Waals surface area contributed by atoms with E-state index in [-0.39, 0.29) is 37.5 Å². The third-order valence-electron chi connectivity index (χ3n) is 4.07. The molecule has 18 heavy (non-hydrogen) atoms. The van der Waals surface area contributed by atoms with Crippen LogP contribution in [0.25, 0.3) is 0 Å². The van der Waals surface area contributed by atoms with Crippen LogP contribution in [0.2, 0.25) is 0 Å². The van der Waals surface area contributed by atoms with E-state index in [1.807, 2.05) is 0 Å². The molecule has 0 aromatic carbocycles. The van der Waals surface area contributed by atoms with Gasteiger partial charge in [-0.25, -0.2) is 8.78 Å². The van der Waals surface area contributed by atoms with Crippen LogP contribution in [0.4, 0.5) is 8.78 Å². The number of carbonyl (C=O) groups is 1. The van der Waals surface area contributed by atoms with E-state index in [1.54, 1.807) is 7.05 Å². The van der Waals surface area contributed by atoms with Gasteiger partial charge in [0.05, 0.1) is 6.10 Å². The van der Waals surface area contributed by atoms with Gasteiger partial charge in [-0.15, -0.1) is 0 Å². The number of rotatable bonds is 4. The van der Waals surface area contributed by atoms with E-state index >= 15 is 0 Å². The lowest BCUT2D eigenvalue weighted by Crippen LogP contribution is -2.41.